The molecule has 0 aliphatic rings. The number of ether oxygens (including phenoxy) is 1. The highest BCUT2D eigenvalue weighted by molar-refractivity contribution is 5.95. The molecule has 2 rings (SSSR count). The Morgan fingerprint density at radius 3 is 2.22 bits per heavy atom. The maximum absolute atomic E-state index is 13.4. The molecular weight excluding hydrogens is 313 g/mol. The van der Waals surface area contributed by atoms with Crippen molar-refractivity contribution in [1.29, 1.82) is 0 Å². The standard InChI is InChI=1S/C15H11F3N2O3/c16-9-1-4-11(5-2-9)23-8-14(21)19-20-15(22)12-6-3-10(17)7-13(12)18/h1-7H,8H2,(H,19,21)(H,20,22). The normalized spacial score (nSPS) is 10.0. The van der Waals surface area contributed by atoms with Gasteiger partial charge in [-0.15, -0.1) is 0 Å². The Labute approximate surface area is 129 Å². The van der Waals surface area contributed by atoms with Gasteiger partial charge in [-0.25, -0.2) is 13.2 Å². The summed E-state index contributed by atoms with van der Waals surface area (Å²) in [5.41, 5.74) is 3.55. The SMILES string of the molecule is O=C(COc1ccc(F)cc1)NNC(=O)c1ccc(F)cc1F. The summed E-state index contributed by atoms with van der Waals surface area (Å²) in [6, 6.07) is 7.38. The predicted molar refractivity (Wildman–Crippen MR) is 73.9 cm³/mol. The van der Waals surface area contributed by atoms with Gasteiger partial charge in [0.25, 0.3) is 11.8 Å². The molecule has 2 N–H and O–H groups in total. The number of hydrogen-bond acceptors (Lipinski definition) is 3. The third kappa shape index (κ3) is 4.73. The van der Waals surface area contributed by atoms with Gasteiger partial charge in [0, 0.05) is 6.07 Å². The summed E-state index contributed by atoms with van der Waals surface area (Å²) >= 11 is 0. The van der Waals surface area contributed by atoms with Crippen molar-refractivity contribution < 1.29 is 27.5 Å². The second kappa shape index (κ2) is 7.30. The van der Waals surface area contributed by atoms with Crippen molar-refractivity contribution in [3.05, 3.63) is 65.5 Å². The van der Waals surface area contributed by atoms with Crippen LogP contribution in [0.1, 0.15) is 10.4 Å². The first-order valence-corrected chi connectivity index (χ1v) is 6.38. The lowest BCUT2D eigenvalue weighted by Crippen LogP contribution is -2.44. The van der Waals surface area contributed by atoms with Crippen molar-refractivity contribution in [2.24, 2.45) is 0 Å². The van der Waals surface area contributed by atoms with Crippen LogP contribution in [0.4, 0.5) is 13.2 Å². The van der Waals surface area contributed by atoms with Gasteiger partial charge in [0.1, 0.15) is 23.2 Å². The summed E-state index contributed by atoms with van der Waals surface area (Å²) in [5, 5.41) is 0. The molecule has 0 aliphatic heterocycles. The van der Waals surface area contributed by atoms with E-state index < -0.39 is 41.4 Å². The molecule has 0 heterocycles. The maximum atomic E-state index is 13.4. The number of hydrazine groups is 1. The number of hydrogen-bond donors (Lipinski definition) is 2. The zero-order valence-electron chi connectivity index (χ0n) is 11.6. The Kier molecular flexibility index (Phi) is 5.19. The van der Waals surface area contributed by atoms with Gasteiger partial charge in [0.15, 0.2) is 6.61 Å². The molecule has 0 bridgehead atoms. The number of benzene rings is 2. The largest absolute Gasteiger partial charge is 0.484 e. The molecule has 0 radical (unpaired) electrons. The molecule has 2 amide bonds. The quantitative estimate of drug-likeness (QED) is 0.845. The molecule has 0 saturated heterocycles. The van der Waals surface area contributed by atoms with Gasteiger partial charge in [-0.05, 0) is 36.4 Å². The number of amides is 2. The molecule has 23 heavy (non-hydrogen) atoms. The fourth-order valence-electron chi connectivity index (χ4n) is 1.58. The Bertz CT molecular complexity index is 720. The van der Waals surface area contributed by atoms with Gasteiger partial charge in [-0.1, -0.05) is 0 Å². The highest BCUT2D eigenvalue weighted by atomic mass is 19.1. The van der Waals surface area contributed by atoms with Crippen molar-refractivity contribution in [2.75, 3.05) is 6.61 Å². The Morgan fingerprint density at radius 2 is 1.57 bits per heavy atom. The highest BCUT2D eigenvalue weighted by Gasteiger charge is 2.13. The average molecular weight is 324 g/mol. The molecule has 5 nitrogen and oxygen atoms in total. The maximum Gasteiger partial charge on any atom is 0.276 e. The molecule has 2 aromatic rings. The van der Waals surface area contributed by atoms with E-state index in [1.807, 2.05) is 10.9 Å². The fraction of sp³-hybridized carbons (Fsp3) is 0.0667. The summed E-state index contributed by atoms with van der Waals surface area (Å²) < 4.78 is 43.8. The predicted octanol–water partition coefficient (Wildman–Crippen LogP) is 1.94. The molecule has 0 saturated carbocycles. The monoisotopic (exact) mass is 324 g/mol. The van der Waals surface area contributed by atoms with E-state index in [4.69, 9.17) is 4.74 Å². The minimum Gasteiger partial charge on any atom is -0.484 e. The second-order valence-electron chi connectivity index (χ2n) is 4.37. The molecule has 2 aromatic carbocycles. The van der Waals surface area contributed by atoms with Crippen LogP contribution in [0.3, 0.4) is 0 Å². The lowest BCUT2D eigenvalue weighted by Gasteiger charge is -2.09. The number of carbonyl (C=O) groups excluding carboxylic acids is 2. The van der Waals surface area contributed by atoms with E-state index in [9.17, 15) is 22.8 Å². The minimum atomic E-state index is -1.06. The van der Waals surface area contributed by atoms with Crippen LogP contribution in [0.5, 0.6) is 5.75 Å². The highest BCUT2D eigenvalue weighted by Crippen LogP contribution is 2.11. The third-order valence-corrected chi connectivity index (χ3v) is 2.67. The topological polar surface area (TPSA) is 67.4 Å². The molecule has 0 spiro atoms. The number of nitrogens with one attached hydrogen (secondary N) is 2. The molecule has 0 aromatic heterocycles. The third-order valence-electron chi connectivity index (χ3n) is 2.67. The smallest absolute Gasteiger partial charge is 0.276 e. The van der Waals surface area contributed by atoms with E-state index in [0.717, 1.165) is 24.3 Å². The van der Waals surface area contributed by atoms with Crippen LogP contribution in [0.2, 0.25) is 0 Å². The molecule has 0 fully saturated rings. The van der Waals surface area contributed by atoms with E-state index in [2.05, 4.69) is 0 Å². The number of halogens is 3. The number of rotatable bonds is 4. The summed E-state index contributed by atoms with van der Waals surface area (Å²) in [5.74, 6) is -3.73. The van der Waals surface area contributed by atoms with Crippen molar-refractivity contribution >= 4 is 11.8 Å². The molecular formula is C15H11F3N2O3. The van der Waals surface area contributed by atoms with Gasteiger partial charge < -0.3 is 4.74 Å². The van der Waals surface area contributed by atoms with E-state index in [1.54, 1.807) is 0 Å². The second-order valence-corrected chi connectivity index (χ2v) is 4.37. The van der Waals surface area contributed by atoms with Gasteiger partial charge in [0.2, 0.25) is 0 Å². The summed E-state index contributed by atoms with van der Waals surface area (Å²) in [7, 11) is 0. The summed E-state index contributed by atoms with van der Waals surface area (Å²) in [6.45, 7) is -0.447. The zero-order valence-corrected chi connectivity index (χ0v) is 11.6. The lowest BCUT2D eigenvalue weighted by molar-refractivity contribution is -0.123. The van der Waals surface area contributed by atoms with Crippen molar-refractivity contribution in [3.63, 3.8) is 0 Å². The first kappa shape index (κ1) is 16.3. The molecule has 0 atom stereocenters. The first-order valence-electron chi connectivity index (χ1n) is 6.38. The van der Waals surface area contributed by atoms with E-state index in [-0.39, 0.29) is 5.75 Å². The Hall–Kier alpha value is -3.03. The minimum absolute atomic E-state index is 0.262. The van der Waals surface area contributed by atoms with Gasteiger partial charge in [-0.3, -0.25) is 20.4 Å². The van der Waals surface area contributed by atoms with Crippen LogP contribution in [0.15, 0.2) is 42.5 Å². The van der Waals surface area contributed by atoms with Crippen LogP contribution < -0.4 is 15.6 Å². The van der Waals surface area contributed by atoms with Crippen LogP contribution >= 0.6 is 0 Å². The van der Waals surface area contributed by atoms with Gasteiger partial charge >= 0.3 is 0 Å². The van der Waals surface area contributed by atoms with Crippen molar-refractivity contribution in [2.45, 2.75) is 0 Å². The lowest BCUT2D eigenvalue weighted by atomic mass is 10.2. The molecule has 120 valence electrons. The number of carbonyl (C=O) groups is 2. The van der Waals surface area contributed by atoms with Crippen LogP contribution in [0, 0.1) is 17.5 Å². The van der Waals surface area contributed by atoms with Crippen LogP contribution in [-0.4, -0.2) is 18.4 Å². The first-order chi connectivity index (χ1) is 11.0. The van der Waals surface area contributed by atoms with Crippen LogP contribution in [-0.2, 0) is 4.79 Å². The Balaban J connectivity index is 1.81. The van der Waals surface area contributed by atoms with E-state index >= 15 is 0 Å². The molecule has 0 unspecified atom stereocenters. The van der Waals surface area contributed by atoms with Crippen LogP contribution in [0.25, 0.3) is 0 Å². The van der Waals surface area contributed by atoms with E-state index in [1.165, 1.54) is 12.1 Å². The van der Waals surface area contributed by atoms with E-state index in [0.29, 0.717) is 6.07 Å². The zero-order chi connectivity index (χ0) is 16.8. The summed E-state index contributed by atoms with van der Waals surface area (Å²) in [4.78, 5) is 23.1. The Morgan fingerprint density at radius 1 is 0.913 bits per heavy atom. The van der Waals surface area contributed by atoms with Gasteiger partial charge in [-0.2, -0.15) is 0 Å². The fourth-order valence-corrected chi connectivity index (χ4v) is 1.58. The summed E-state index contributed by atoms with van der Waals surface area (Å²) in [6.07, 6.45) is 0. The van der Waals surface area contributed by atoms with Crippen molar-refractivity contribution in [1.82, 2.24) is 10.9 Å². The van der Waals surface area contributed by atoms with Gasteiger partial charge in [0.05, 0.1) is 5.56 Å². The van der Waals surface area contributed by atoms with Crippen molar-refractivity contribution in [3.8, 4) is 5.75 Å². The molecule has 0 aliphatic carbocycles. The molecule has 8 heteroatoms. The average Bonchev–Trinajstić information content (AvgIpc) is 2.52.